The Hall–Kier alpha value is -1.06. The molecule has 3 N–H and O–H groups in total. The van der Waals surface area contributed by atoms with E-state index >= 15 is 0 Å². The molecule has 0 spiro atoms. The first-order valence-electron chi connectivity index (χ1n) is 5.16. The maximum absolute atomic E-state index is 5.97. The van der Waals surface area contributed by atoms with Crippen LogP contribution in [-0.4, -0.2) is 11.4 Å². The summed E-state index contributed by atoms with van der Waals surface area (Å²) in [4.78, 5) is 4.52. The van der Waals surface area contributed by atoms with Crippen molar-refractivity contribution in [3.05, 3.63) is 34.3 Å². The van der Waals surface area contributed by atoms with Crippen LogP contribution in [0.5, 0.6) is 0 Å². The fourth-order valence-corrected chi connectivity index (χ4v) is 1.53. The number of nitrogens with zero attached hydrogens (tertiary/aromatic N) is 1. The van der Waals surface area contributed by atoms with Gasteiger partial charge in [0, 0.05) is 10.6 Å². The zero-order chi connectivity index (χ0) is 12.3. The third kappa shape index (κ3) is 3.51. The van der Waals surface area contributed by atoms with Gasteiger partial charge in [0.2, 0.25) is 0 Å². The molecule has 0 atom stereocenters. The Morgan fingerprint density at radius 3 is 2.50 bits per heavy atom. The van der Waals surface area contributed by atoms with E-state index in [1.807, 2.05) is 45.9 Å². The summed E-state index contributed by atoms with van der Waals surface area (Å²) in [6.07, 6.45) is 0. The van der Waals surface area contributed by atoms with Crippen molar-refractivity contribution in [1.82, 2.24) is 5.43 Å². The maximum atomic E-state index is 5.97. The first kappa shape index (κ1) is 13.0. The van der Waals surface area contributed by atoms with Crippen molar-refractivity contribution in [3.8, 4) is 0 Å². The molecule has 1 rings (SSSR count). The van der Waals surface area contributed by atoms with Crippen LogP contribution in [0.2, 0.25) is 5.02 Å². The van der Waals surface area contributed by atoms with Crippen LogP contribution in [0.3, 0.4) is 0 Å². The molecule has 0 fully saturated rings. The standard InChI is InChI=1S/C12H18ClN3/c1-8-5-6-9(13)7-10(8)11(16-14)15-12(2,3)4/h5-7H,14H2,1-4H3,(H,15,16). The Kier molecular flexibility index (Phi) is 3.94. The Bertz CT molecular complexity index is 405. The average molecular weight is 240 g/mol. The Labute approximate surface area is 102 Å². The second-order valence-corrected chi connectivity index (χ2v) is 5.17. The minimum absolute atomic E-state index is 0.184. The van der Waals surface area contributed by atoms with Crippen LogP contribution in [0.15, 0.2) is 23.2 Å². The maximum Gasteiger partial charge on any atom is 0.143 e. The third-order valence-corrected chi connectivity index (χ3v) is 2.27. The summed E-state index contributed by atoms with van der Waals surface area (Å²) < 4.78 is 0. The molecule has 0 saturated heterocycles. The highest BCUT2D eigenvalue weighted by Gasteiger charge is 2.12. The second kappa shape index (κ2) is 4.85. The molecule has 1 aromatic rings. The number of rotatable bonds is 1. The van der Waals surface area contributed by atoms with Crippen molar-refractivity contribution in [2.75, 3.05) is 0 Å². The van der Waals surface area contributed by atoms with Gasteiger partial charge in [-0.3, -0.25) is 4.99 Å². The number of hydrazine groups is 1. The summed E-state index contributed by atoms with van der Waals surface area (Å²) >= 11 is 5.97. The largest absolute Gasteiger partial charge is 0.308 e. The van der Waals surface area contributed by atoms with Gasteiger partial charge in [-0.15, -0.1) is 0 Å². The lowest BCUT2D eigenvalue weighted by atomic mass is 10.1. The van der Waals surface area contributed by atoms with Gasteiger partial charge in [0.05, 0.1) is 5.54 Å². The predicted octanol–water partition coefficient (Wildman–Crippen LogP) is 2.66. The SMILES string of the molecule is Cc1ccc(Cl)cc1C(=NC(C)(C)C)NN. The molecule has 0 radical (unpaired) electrons. The molecule has 4 heteroatoms. The lowest BCUT2D eigenvalue weighted by Crippen LogP contribution is -2.34. The molecule has 1 aromatic carbocycles. The number of benzene rings is 1. The zero-order valence-corrected chi connectivity index (χ0v) is 10.9. The first-order chi connectivity index (χ1) is 7.33. The fourth-order valence-electron chi connectivity index (χ4n) is 1.36. The average Bonchev–Trinajstić information content (AvgIpc) is 2.17. The highest BCUT2D eigenvalue weighted by atomic mass is 35.5. The third-order valence-electron chi connectivity index (χ3n) is 2.04. The van der Waals surface area contributed by atoms with Gasteiger partial charge < -0.3 is 5.43 Å². The minimum atomic E-state index is -0.184. The molecule has 0 bridgehead atoms. The summed E-state index contributed by atoms with van der Waals surface area (Å²) in [5.74, 6) is 6.17. The summed E-state index contributed by atoms with van der Waals surface area (Å²) in [6, 6.07) is 5.67. The van der Waals surface area contributed by atoms with Crippen LogP contribution in [0, 0.1) is 6.92 Å². The molecule has 0 aromatic heterocycles. The molecule has 0 aliphatic carbocycles. The van der Waals surface area contributed by atoms with Gasteiger partial charge in [-0.05, 0) is 45.4 Å². The lowest BCUT2D eigenvalue weighted by Gasteiger charge is -2.17. The molecule has 0 unspecified atom stereocenters. The van der Waals surface area contributed by atoms with Gasteiger partial charge in [-0.1, -0.05) is 17.7 Å². The van der Waals surface area contributed by atoms with Gasteiger partial charge in [0.15, 0.2) is 0 Å². The van der Waals surface area contributed by atoms with Gasteiger partial charge in [-0.2, -0.15) is 0 Å². The number of hydrogen-bond acceptors (Lipinski definition) is 2. The Balaban J connectivity index is 3.24. The van der Waals surface area contributed by atoms with Crippen molar-refractivity contribution in [3.63, 3.8) is 0 Å². The van der Waals surface area contributed by atoms with E-state index in [0.717, 1.165) is 11.1 Å². The van der Waals surface area contributed by atoms with Crippen molar-refractivity contribution < 1.29 is 0 Å². The highest BCUT2D eigenvalue weighted by molar-refractivity contribution is 6.31. The van der Waals surface area contributed by atoms with Crippen LogP contribution < -0.4 is 11.3 Å². The number of nitrogens with one attached hydrogen (secondary N) is 1. The van der Waals surface area contributed by atoms with Gasteiger partial charge in [0.1, 0.15) is 5.84 Å². The van der Waals surface area contributed by atoms with E-state index in [-0.39, 0.29) is 5.54 Å². The molecular weight excluding hydrogens is 222 g/mol. The number of hydrogen-bond donors (Lipinski definition) is 2. The molecule has 0 aliphatic rings. The van der Waals surface area contributed by atoms with E-state index in [1.165, 1.54) is 0 Å². The summed E-state index contributed by atoms with van der Waals surface area (Å²) in [5.41, 5.74) is 4.47. The van der Waals surface area contributed by atoms with Gasteiger partial charge >= 0.3 is 0 Å². The molecular formula is C12H18ClN3. The Morgan fingerprint density at radius 1 is 1.38 bits per heavy atom. The number of halogens is 1. The number of nitrogens with two attached hydrogens (primary N) is 1. The molecule has 88 valence electrons. The van der Waals surface area contributed by atoms with E-state index in [0.29, 0.717) is 10.9 Å². The molecule has 16 heavy (non-hydrogen) atoms. The Morgan fingerprint density at radius 2 is 2.00 bits per heavy atom. The van der Waals surface area contributed by atoms with E-state index in [9.17, 15) is 0 Å². The summed E-state index contributed by atoms with van der Waals surface area (Å²) in [5, 5.41) is 0.678. The van der Waals surface area contributed by atoms with Crippen LogP contribution in [0.4, 0.5) is 0 Å². The van der Waals surface area contributed by atoms with Crippen molar-refractivity contribution in [2.45, 2.75) is 33.2 Å². The van der Waals surface area contributed by atoms with E-state index < -0.39 is 0 Å². The summed E-state index contributed by atoms with van der Waals surface area (Å²) in [6.45, 7) is 8.06. The molecule has 0 heterocycles. The van der Waals surface area contributed by atoms with E-state index in [1.54, 1.807) is 0 Å². The first-order valence-corrected chi connectivity index (χ1v) is 5.54. The van der Waals surface area contributed by atoms with E-state index in [2.05, 4.69) is 10.4 Å². The monoisotopic (exact) mass is 239 g/mol. The van der Waals surface area contributed by atoms with E-state index in [4.69, 9.17) is 17.4 Å². The number of amidine groups is 1. The minimum Gasteiger partial charge on any atom is -0.308 e. The molecule has 0 amide bonds. The van der Waals surface area contributed by atoms with Crippen molar-refractivity contribution >= 4 is 17.4 Å². The smallest absolute Gasteiger partial charge is 0.143 e. The molecule has 0 aliphatic heterocycles. The second-order valence-electron chi connectivity index (χ2n) is 4.73. The van der Waals surface area contributed by atoms with Gasteiger partial charge in [0.25, 0.3) is 0 Å². The van der Waals surface area contributed by atoms with Crippen LogP contribution in [-0.2, 0) is 0 Å². The highest BCUT2D eigenvalue weighted by Crippen LogP contribution is 2.17. The molecule has 0 saturated carbocycles. The van der Waals surface area contributed by atoms with Crippen molar-refractivity contribution in [2.24, 2.45) is 10.8 Å². The lowest BCUT2D eigenvalue weighted by molar-refractivity contribution is 0.580. The summed E-state index contributed by atoms with van der Waals surface area (Å²) in [7, 11) is 0. The number of aryl methyl sites for hydroxylation is 1. The van der Waals surface area contributed by atoms with Crippen LogP contribution in [0.1, 0.15) is 31.9 Å². The fraction of sp³-hybridized carbons (Fsp3) is 0.417. The number of aliphatic imine (C=N–C) groups is 1. The van der Waals surface area contributed by atoms with Crippen LogP contribution in [0.25, 0.3) is 0 Å². The quantitative estimate of drug-likeness (QED) is 0.343. The normalized spacial score (nSPS) is 12.8. The van der Waals surface area contributed by atoms with Crippen LogP contribution >= 0.6 is 11.6 Å². The van der Waals surface area contributed by atoms with Gasteiger partial charge in [-0.25, -0.2) is 5.84 Å². The van der Waals surface area contributed by atoms with Crippen molar-refractivity contribution in [1.29, 1.82) is 0 Å². The topological polar surface area (TPSA) is 50.4 Å². The predicted molar refractivity (Wildman–Crippen MR) is 69.8 cm³/mol. The zero-order valence-electron chi connectivity index (χ0n) is 10.1. The molecule has 3 nitrogen and oxygen atoms in total.